The standard InChI is InChI=1S/C12H13BrN2/c1-7(2)8-5-6-15-12-9(8)3-4-10(13)11(12)14/h3-7H,14H2,1-2H3. The van der Waals surface area contributed by atoms with E-state index in [0.29, 0.717) is 5.92 Å². The third kappa shape index (κ3) is 1.72. The van der Waals surface area contributed by atoms with Crippen molar-refractivity contribution in [3.05, 3.63) is 34.4 Å². The normalized spacial score (nSPS) is 11.2. The van der Waals surface area contributed by atoms with Crippen LogP contribution in [-0.2, 0) is 0 Å². The number of aromatic nitrogens is 1. The van der Waals surface area contributed by atoms with Gasteiger partial charge in [0.2, 0.25) is 0 Å². The Morgan fingerprint density at radius 2 is 2.00 bits per heavy atom. The molecule has 0 aliphatic carbocycles. The number of nitrogens with zero attached hydrogens (tertiary/aromatic N) is 1. The monoisotopic (exact) mass is 264 g/mol. The molecule has 0 bridgehead atoms. The summed E-state index contributed by atoms with van der Waals surface area (Å²) in [5.74, 6) is 0.482. The Balaban J connectivity index is 2.83. The molecule has 2 nitrogen and oxygen atoms in total. The fraction of sp³-hybridized carbons (Fsp3) is 0.250. The predicted octanol–water partition coefficient (Wildman–Crippen LogP) is 3.70. The minimum Gasteiger partial charge on any atom is -0.396 e. The van der Waals surface area contributed by atoms with E-state index in [1.54, 1.807) is 0 Å². The molecule has 3 heteroatoms. The number of fused-ring (bicyclic) bond motifs is 1. The average molecular weight is 265 g/mol. The molecule has 0 radical (unpaired) electrons. The minimum atomic E-state index is 0.482. The molecule has 0 atom stereocenters. The lowest BCUT2D eigenvalue weighted by atomic mass is 9.99. The fourth-order valence-corrected chi connectivity index (χ4v) is 2.06. The highest BCUT2D eigenvalue weighted by atomic mass is 79.9. The van der Waals surface area contributed by atoms with Crippen LogP contribution >= 0.6 is 15.9 Å². The number of halogens is 1. The van der Waals surface area contributed by atoms with Gasteiger partial charge in [-0.2, -0.15) is 0 Å². The van der Waals surface area contributed by atoms with Crippen LogP contribution in [0.3, 0.4) is 0 Å². The number of nitrogen functional groups attached to an aromatic ring is 1. The molecule has 78 valence electrons. The van der Waals surface area contributed by atoms with Gasteiger partial charge in [0.1, 0.15) is 0 Å². The summed E-state index contributed by atoms with van der Waals surface area (Å²) in [5.41, 5.74) is 8.87. The van der Waals surface area contributed by atoms with E-state index in [1.807, 2.05) is 12.3 Å². The highest BCUT2D eigenvalue weighted by Crippen LogP contribution is 2.31. The molecule has 1 aromatic heterocycles. The average Bonchev–Trinajstić information content (AvgIpc) is 2.23. The van der Waals surface area contributed by atoms with Crippen LogP contribution in [0.15, 0.2) is 28.9 Å². The molecule has 1 heterocycles. The van der Waals surface area contributed by atoms with Gasteiger partial charge in [-0.25, -0.2) is 0 Å². The Hall–Kier alpha value is -1.09. The first-order valence-corrected chi connectivity index (χ1v) is 5.73. The zero-order valence-corrected chi connectivity index (χ0v) is 10.4. The van der Waals surface area contributed by atoms with Gasteiger partial charge in [0.25, 0.3) is 0 Å². The number of nitrogens with two attached hydrogens (primary N) is 1. The van der Waals surface area contributed by atoms with Crippen molar-refractivity contribution in [3.63, 3.8) is 0 Å². The van der Waals surface area contributed by atoms with Crippen LogP contribution in [0.1, 0.15) is 25.3 Å². The molecule has 0 spiro atoms. The van der Waals surface area contributed by atoms with Gasteiger partial charge >= 0.3 is 0 Å². The molecule has 2 rings (SSSR count). The van der Waals surface area contributed by atoms with Crippen molar-refractivity contribution in [1.29, 1.82) is 0 Å². The van der Waals surface area contributed by atoms with E-state index < -0.39 is 0 Å². The zero-order chi connectivity index (χ0) is 11.0. The Morgan fingerprint density at radius 3 is 2.67 bits per heavy atom. The lowest BCUT2D eigenvalue weighted by molar-refractivity contribution is 0.874. The molecule has 0 unspecified atom stereocenters. The number of anilines is 1. The summed E-state index contributed by atoms with van der Waals surface area (Å²) in [6, 6.07) is 6.10. The summed E-state index contributed by atoms with van der Waals surface area (Å²) in [5, 5.41) is 1.15. The van der Waals surface area contributed by atoms with Crippen LogP contribution in [0.2, 0.25) is 0 Å². The van der Waals surface area contributed by atoms with Crippen molar-refractivity contribution >= 4 is 32.5 Å². The van der Waals surface area contributed by atoms with Crippen molar-refractivity contribution in [3.8, 4) is 0 Å². The van der Waals surface area contributed by atoms with Crippen molar-refractivity contribution in [2.75, 3.05) is 5.73 Å². The largest absolute Gasteiger partial charge is 0.396 e. The van der Waals surface area contributed by atoms with E-state index in [-0.39, 0.29) is 0 Å². The summed E-state index contributed by atoms with van der Waals surface area (Å²) < 4.78 is 0.906. The molecule has 0 saturated carbocycles. The zero-order valence-electron chi connectivity index (χ0n) is 8.79. The molecule has 0 aliphatic rings. The predicted molar refractivity (Wildman–Crippen MR) is 67.9 cm³/mol. The topological polar surface area (TPSA) is 38.9 Å². The molecular weight excluding hydrogens is 252 g/mol. The third-order valence-corrected chi connectivity index (χ3v) is 3.25. The van der Waals surface area contributed by atoms with Crippen LogP contribution in [0.25, 0.3) is 10.9 Å². The first kappa shape index (κ1) is 10.4. The maximum absolute atomic E-state index is 5.98. The van der Waals surface area contributed by atoms with Gasteiger partial charge in [0, 0.05) is 16.1 Å². The highest BCUT2D eigenvalue weighted by molar-refractivity contribution is 9.10. The van der Waals surface area contributed by atoms with Crippen LogP contribution in [-0.4, -0.2) is 4.98 Å². The van der Waals surface area contributed by atoms with E-state index in [9.17, 15) is 0 Å². The molecule has 1 aromatic carbocycles. The molecule has 2 aromatic rings. The molecule has 0 saturated heterocycles. The second kappa shape index (κ2) is 3.81. The molecular formula is C12H13BrN2. The van der Waals surface area contributed by atoms with Gasteiger partial charge in [0.15, 0.2) is 0 Å². The van der Waals surface area contributed by atoms with E-state index in [4.69, 9.17) is 5.73 Å². The van der Waals surface area contributed by atoms with E-state index >= 15 is 0 Å². The second-order valence-electron chi connectivity index (χ2n) is 3.91. The van der Waals surface area contributed by atoms with Crippen molar-refractivity contribution < 1.29 is 0 Å². The van der Waals surface area contributed by atoms with Crippen molar-refractivity contribution in [2.45, 2.75) is 19.8 Å². The lowest BCUT2D eigenvalue weighted by Crippen LogP contribution is -1.95. The summed E-state index contributed by atoms with van der Waals surface area (Å²) in [7, 11) is 0. The van der Waals surface area contributed by atoms with Gasteiger partial charge in [0.05, 0.1) is 11.2 Å². The van der Waals surface area contributed by atoms with Gasteiger partial charge in [-0.3, -0.25) is 4.98 Å². The van der Waals surface area contributed by atoms with Gasteiger partial charge in [-0.1, -0.05) is 19.9 Å². The second-order valence-corrected chi connectivity index (χ2v) is 4.77. The highest BCUT2D eigenvalue weighted by Gasteiger charge is 2.09. The number of pyridine rings is 1. The quantitative estimate of drug-likeness (QED) is 0.798. The van der Waals surface area contributed by atoms with E-state index in [1.165, 1.54) is 5.56 Å². The van der Waals surface area contributed by atoms with Crippen LogP contribution in [0.4, 0.5) is 5.69 Å². The molecule has 0 fully saturated rings. The maximum atomic E-state index is 5.98. The maximum Gasteiger partial charge on any atom is 0.0945 e. The Bertz CT molecular complexity index is 506. The first-order valence-electron chi connectivity index (χ1n) is 4.94. The van der Waals surface area contributed by atoms with Crippen LogP contribution in [0.5, 0.6) is 0 Å². The number of hydrogen-bond donors (Lipinski definition) is 1. The summed E-state index contributed by atoms with van der Waals surface area (Å²) in [6.07, 6.45) is 1.82. The molecule has 0 aliphatic heterocycles. The summed E-state index contributed by atoms with van der Waals surface area (Å²) in [4.78, 5) is 4.33. The SMILES string of the molecule is CC(C)c1ccnc2c(N)c(Br)ccc12. The van der Waals surface area contributed by atoms with Crippen LogP contribution in [0, 0.1) is 0 Å². The van der Waals surface area contributed by atoms with Gasteiger partial charge < -0.3 is 5.73 Å². The number of rotatable bonds is 1. The molecule has 0 amide bonds. The first-order chi connectivity index (χ1) is 7.11. The van der Waals surface area contributed by atoms with Crippen molar-refractivity contribution in [2.24, 2.45) is 0 Å². The fourth-order valence-electron chi connectivity index (χ4n) is 1.74. The van der Waals surface area contributed by atoms with E-state index in [2.05, 4.69) is 46.9 Å². The minimum absolute atomic E-state index is 0.482. The lowest BCUT2D eigenvalue weighted by Gasteiger charge is -2.11. The number of hydrogen-bond acceptors (Lipinski definition) is 2. The van der Waals surface area contributed by atoms with Gasteiger partial charge in [-0.15, -0.1) is 0 Å². The Morgan fingerprint density at radius 1 is 1.27 bits per heavy atom. The molecule has 15 heavy (non-hydrogen) atoms. The molecule has 2 N–H and O–H groups in total. The van der Waals surface area contributed by atoms with Crippen molar-refractivity contribution in [1.82, 2.24) is 4.98 Å². The Labute approximate surface area is 97.6 Å². The Kier molecular flexibility index (Phi) is 2.65. The third-order valence-electron chi connectivity index (χ3n) is 2.55. The summed E-state index contributed by atoms with van der Waals surface area (Å²) in [6.45, 7) is 4.35. The van der Waals surface area contributed by atoms with Gasteiger partial charge in [-0.05, 0) is 39.5 Å². The summed E-state index contributed by atoms with van der Waals surface area (Å²) >= 11 is 3.41. The number of benzene rings is 1. The van der Waals surface area contributed by atoms with Crippen LogP contribution < -0.4 is 5.73 Å². The van der Waals surface area contributed by atoms with E-state index in [0.717, 1.165) is 21.1 Å². The smallest absolute Gasteiger partial charge is 0.0945 e.